The summed E-state index contributed by atoms with van der Waals surface area (Å²) in [6, 6.07) is 0.771. The summed E-state index contributed by atoms with van der Waals surface area (Å²) < 4.78 is 0. The minimum Gasteiger partial charge on any atom is -0.307 e. The molecule has 1 heterocycles. The molecule has 1 saturated carbocycles. The summed E-state index contributed by atoms with van der Waals surface area (Å²) in [5, 5.41) is 3.72. The lowest BCUT2D eigenvalue weighted by molar-refractivity contribution is 0.380. The summed E-state index contributed by atoms with van der Waals surface area (Å²) in [4.78, 5) is 2.41. The highest BCUT2D eigenvalue weighted by atomic mass is 15.2. The molecule has 64 valence electrons. The van der Waals surface area contributed by atoms with Crippen molar-refractivity contribution in [2.75, 3.05) is 20.1 Å². The van der Waals surface area contributed by atoms with Gasteiger partial charge in [-0.2, -0.15) is 0 Å². The van der Waals surface area contributed by atoms with Crippen LogP contribution in [0.3, 0.4) is 0 Å². The van der Waals surface area contributed by atoms with Gasteiger partial charge in [0, 0.05) is 18.1 Å². The Bertz CT molecular complexity index is 152. The van der Waals surface area contributed by atoms with Crippen LogP contribution in [0, 0.1) is 0 Å². The third-order valence-electron chi connectivity index (χ3n) is 2.94. The Kier molecular flexibility index (Phi) is 1.69. The zero-order chi connectivity index (χ0) is 7.90. The Morgan fingerprint density at radius 3 is 2.64 bits per heavy atom. The third kappa shape index (κ3) is 1.74. The molecule has 0 aromatic rings. The molecule has 0 bridgehead atoms. The van der Waals surface area contributed by atoms with E-state index < -0.39 is 0 Å². The molecule has 2 aliphatic rings. The van der Waals surface area contributed by atoms with Crippen LogP contribution < -0.4 is 5.32 Å². The molecule has 0 unspecified atom stereocenters. The van der Waals surface area contributed by atoms with Gasteiger partial charge in [0.05, 0.1) is 0 Å². The van der Waals surface area contributed by atoms with E-state index >= 15 is 0 Å². The summed E-state index contributed by atoms with van der Waals surface area (Å²) in [7, 11) is 2.21. The number of hydrogen-bond acceptors (Lipinski definition) is 2. The number of hydrogen-bond donors (Lipinski definition) is 1. The van der Waals surface area contributed by atoms with Crippen LogP contribution in [0.1, 0.15) is 26.2 Å². The fraction of sp³-hybridized carbons (Fsp3) is 1.00. The maximum Gasteiger partial charge on any atom is 0.0212 e. The van der Waals surface area contributed by atoms with Gasteiger partial charge in [0.1, 0.15) is 0 Å². The summed E-state index contributed by atoms with van der Waals surface area (Å²) >= 11 is 0. The van der Waals surface area contributed by atoms with Crippen molar-refractivity contribution in [2.24, 2.45) is 0 Å². The highest BCUT2D eigenvalue weighted by molar-refractivity contribution is 5.00. The highest BCUT2D eigenvalue weighted by Crippen LogP contribution is 2.35. The van der Waals surface area contributed by atoms with Gasteiger partial charge in [-0.3, -0.25) is 0 Å². The highest BCUT2D eigenvalue weighted by Gasteiger charge is 2.39. The van der Waals surface area contributed by atoms with E-state index in [2.05, 4.69) is 24.2 Å². The van der Waals surface area contributed by atoms with Gasteiger partial charge in [-0.15, -0.1) is 0 Å². The molecule has 1 atom stereocenters. The van der Waals surface area contributed by atoms with Crippen LogP contribution in [0.25, 0.3) is 0 Å². The van der Waals surface area contributed by atoms with Gasteiger partial charge >= 0.3 is 0 Å². The molecule has 1 N–H and O–H groups in total. The third-order valence-corrected chi connectivity index (χ3v) is 2.94. The van der Waals surface area contributed by atoms with E-state index in [1.165, 1.54) is 32.4 Å². The fourth-order valence-electron chi connectivity index (χ4n) is 1.88. The lowest BCUT2D eigenvalue weighted by Gasteiger charge is -2.17. The molecule has 2 nitrogen and oxygen atoms in total. The van der Waals surface area contributed by atoms with E-state index in [1.54, 1.807) is 0 Å². The minimum absolute atomic E-state index is 0.524. The molecule has 0 aromatic carbocycles. The molecular weight excluding hydrogens is 136 g/mol. The second-order valence-corrected chi connectivity index (χ2v) is 4.45. The molecule has 0 radical (unpaired) electrons. The molecule has 2 rings (SSSR count). The Hall–Kier alpha value is -0.0800. The lowest BCUT2D eigenvalue weighted by atomic mass is 10.2. The van der Waals surface area contributed by atoms with Gasteiger partial charge in [-0.05, 0) is 39.8 Å². The van der Waals surface area contributed by atoms with E-state index in [0.29, 0.717) is 5.54 Å². The average Bonchev–Trinajstić information content (AvgIpc) is 2.49. The first kappa shape index (κ1) is 7.56. The number of likely N-dealkylation sites (N-methyl/N-ethyl adjacent to an activating group) is 1. The maximum absolute atomic E-state index is 3.72. The molecule has 2 fully saturated rings. The van der Waals surface area contributed by atoms with Gasteiger partial charge in [0.15, 0.2) is 0 Å². The molecule has 1 aliphatic carbocycles. The Morgan fingerprint density at radius 2 is 2.18 bits per heavy atom. The molecule has 1 saturated heterocycles. The molecule has 0 aromatic heterocycles. The summed E-state index contributed by atoms with van der Waals surface area (Å²) in [5.41, 5.74) is 0.524. The topological polar surface area (TPSA) is 15.3 Å². The van der Waals surface area contributed by atoms with Crippen LogP contribution in [0.15, 0.2) is 0 Å². The van der Waals surface area contributed by atoms with Gasteiger partial charge in [0.25, 0.3) is 0 Å². The van der Waals surface area contributed by atoms with Gasteiger partial charge < -0.3 is 10.2 Å². The Balaban J connectivity index is 1.79. The van der Waals surface area contributed by atoms with Crippen LogP contribution in [-0.4, -0.2) is 36.6 Å². The molecule has 2 heteroatoms. The number of likely N-dealkylation sites (tertiary alicyclic amines) is 1. The van der Waals surface area contributed by atoms with Gasteiger partial charge in [-0.25, -0.2) is 0 Å². The fourth-order valence-corrected chi connectivity index (χ4v) is 1.88. The predicted octanol–water partition coefficient (Wildman–Crippen LogP) is 0.833. The zero-order valence-corrected chi connectivity index (χ0v) is 7.56. The van der Waals surface area contributed by atoms with Crippen LogP contribution in [0.5, 0.6) is 0 Å². The van der Waals surface area contributed by atoms with Crippen LogP contribution in [0.4, 0.5) is 0 Å². The first-order chi connectivity index (χ1) is 5.18. The van der Waals surface area contributed by atoms with E-state index in [-0.39, 0.29) is 0 Å². The van der Waals surface area contributed by atoms with Gasteiger partial charge in [-0.1, -0.05) is 0 Å². The smallest absolute Gasteiger partial charge is 0.0212 e. The number of nitrogens with zero attached hydrogens (tertiary/aromatic N) is 1. The number of rotatable bonds is 2. The van der Waals surface area contributed by atoms with Crippen LogP contribution in [0.2, 0.25) is 0 Å². The number of nitrogens with one attached hydrogen (secondary N) is 1. The van der Waals surface area contributed by atoms with Crippen LogP contribution >= 0.6 is 0 Å². The maximum atomic E-state index is 3.72. The van der Waals surface area contributed by atoms with Crippen molar-refractivity contribution in [3.63, 3.8) is 0 Å². The van der Waals surface area contributed by atoms with Crippen molar-refractivity contribution in [2.45, 2.75) is 37.8 Å². The normalized spacial score (nSPS) is 36.0. The SMILES string of the molecule is CN1CC[C@H](NC2(C)CC2)C1. The largest absolute Gasteiger partial charge is 0.307 e. The second-order valence-electron chi connectivity index (χ2n) is 4.45. The molecule has 1 aliphatic heterocycles. The zero-order valence-electron chi connectivity index (χ0n) is 7.56. The van der Waals surface area contributed by atoms with Crippen molar-refractivity contribution in [3.05, 3.63) is 0 Å². The standard InChI is InChI=1S/C9H18N2/c1-9(4-5-9)10-8-3-6-11(2)7-8/h8,10H,3-7H2,1-2H3/t8-/m0/s1. The second kappa shape index (κ2) is 2.46. The van der Waals surface area contributed by atoms with E-state index in [0.717, 1.165) is 6.04 Å². The van der Waals surface area contributed by atoms with Crippen molar-refractivity contribution in [1.29, 1.82) is 0 Å². The summed E-state index contributed by atoms with van der Waals surface area (Å²) in [6.07, 6.45) is 4.10. The average molecular weight is 154 g/mol. The quantitative estimate of drug-likeness (QED) is 0.634. The molecule has 11 heavy (non-hydrogen) atoms. The van der Waals surface area contributed by atoms with Crippen LogP contribution in [-0.2, 0) is 0 Å². The van der Waals surface area contributed by atoms with Gasteiger partial charge in [0.2, 0.25) is 0 Å². The van der Waals surface area contributed by atoms with E-state index in [4.69, 9.17) is 0 Å². The first-order valence-corrected chi connectivity index (χ1v) is 4.64. The minimum atomic E-state index is 0.524. The first-order valence-electron chi connectivity index (χ1n) is 4.64. The monoisotopic (exact) mass is 154 g/mol. The summed E-state index contributed by atoms with van der Waals surface area (Å²) in [5.74, 6) is 0. The molecular formula is C9H18N2. The lowest BCUT2D eigenvalue weighted by Crippen LogP contribution is -2.39. The Morgan fingerprint density at radius 1 is 1.45 bits per heavy atom. The van der Waals surface area contributed by atoms with Crippen molar-refractivity contribution < 1.29 is 0 Å². The Labute approximate surface area is 69.0 Å². The van der Waals surface area contributed by atoms with Crippen molar-refractivity contribution in [1.82, 2.24) is 10.2 Å². The summed E-state index contributed by atoms with van der Waals surface area (Å²) in [6.45, 7) is 4.86. The van der Waals surface area contributed by atoms with Crippen molar-refractivity contribution in [3.8, 4) is 0 Å². The van der Waals surface area contributed by atoms with E-state index in [9.17, 15) is 0 Å². The predicted molar refractivity (Wildman–Crippen MR) is 46.7 cm³/mol. The van der Waals surface area contributed by atoms with Crippen molar-refractivity contribution >= 4 is 0 Å². The molecule has 0 amide bonds. The van der Waals surface area contributed by atoms with E-state index in [1.807, 2.05) is 0 Å². The molecule has 0 spiro atoms.